The molecule has 0 aliphatic carbocycles. The summed E-state index contributed by atoms with van der Waals surface area (Å²) in [7, 11) is 0. The smallest absolute Gasteiger partial charge is 0.257 e. The molecule has 1 aromatic rings. The average molecular weight is 620 g/mol. The van der Waals surface area contributed by atoms with Gasteiger partial charge in [-0.2, -0.15) is 0 Å². The van der Waals surface area contributed by atoms with Crippen molar-refractivity contribution < 1.29 is 9.59 Å². The predicted octanol–water partition coefficient (Wildman–Crippen LogP) is 12.6. The molecule has 1 aromatic carbocycles. The number of imide groups is 1. The van der Waals surface area contributed by atoms with E-state index >= 15 is 0 Å². The lowest BCUT2D eigenvalue weighted by Crippen LogP contribution is -2.34. The lowest BCUT2D eigenvalue weighted by Gasteiger charge is -2.25. The Bertz CT molecular complexity index is 994. The van der Waals surface area contributed by atoms with Crippen LogP contribution in [0.1, 0.15) is 198 Å². The summed E-state index contributed by atoms with van der Waals surface area (Å²) in [6, 6.07) is 8.50. The Kier molecular flexibility index (Phi) is 19.5. The van der Waals surface area contributed by atoms with E-state index < -0.39 is 0 Å². The summed E-state index contributed by atoms with van der Waals surface area (Å²) < 4.78 is 0. The number of benzene rings is 1. The van der Waals surface area contributed by atoms with E-state index in [0.29, 0.717) is 6.54 Å². The van der Waals surface area contributed by atoms with Gasteiger partial charge in [0.15, 0.2) is 0 Å². The van der Waals surface area contributed by atoms with Crippen LogP contribution in [0, 0.1) is 5.92 Å². The van der Waals surface area contributed by atoms with Gasteiger partial charge in [0.05, 0.1) is 6.54 Å². The van der Waals surface area contributed by atoms with Gasteiger partial charge in [-0.15, -0.1) is 0 Å². The summed E-state index contributed by atoms with van der Waals surface area (Å²) in [4.78, 5) is 28.9. The van der Waals surface area contributed by atoms with Crippen LogP contribution in [0.5, 0.6) is 0 Å². The highest BCUT2D eigenvalue weighted by atomic mass is 16.2. The number of amides is 2. The molecule has 2 heterocycles. The minimum atomic E-state index is 0.00494. The van der Waals surface area contributed by atoms with Crippen molar-refractivity contribution in [3.05, 3.63) is 46.5 Å². The lowest BCUT2D eigenvalue weighted by atomic mass is 9.82. The molecule has 2 bridgehead atoms. The van der Waals surface area contributed by atoms with Gasteiger partial charge in [0.2, 0.25) is 0 Å². The van der Waals surface area contributed by atoms with E-state index in [1.807, 2.05) is 0 Å². The number of hydrogen-bond donors (Lipinski definition) is 0. The van der Waals surface area contributed by atoms with Crippen molar-refractivity contribution in [3.8, 4) is 0 Å². The van der Waals surface area contributed by atoms with Gasteiger partial charge in [-0.25, -0.2) is 0 Å². The molecule has 45 heavy (non-hydrogen) atoms. The van der Waals surface area contributed by atoms with E-state index in [4.69, 9.17) is 0 Å². The SMILES string of the molecule is CCCCCCCCCCCCCCCC1=C2C(=O)N(Cc3ccccc3CC2CCCCCCCCCCCCCC)C1=O. The van der Waals surface area contributed by atoms with E-state index in [0.717, 1.165) is 48.8 Å². The third-order valence-electron chi connectivity index (χ3n) is 10.6. The van der Waals surface area contributed by atoms with Crippen LogP contribution in [0.4, 0.5) is 0 Å². The van der Waals surface area contributed by atoms with Crippen LogP contribution < -0.4 is 0 Å². The van der Waals surface area contributed by atoms with Crippen molar-refractivity contribution in [3.63, 3.8) is 0 Å². The molecule has 3 nitrogen and oxygen atoms in total. The summed E-state index contributed by atoms with van der Waals surface area (Å²) >= 11 is 0. The highest BCUT2D eigenvalue weighted by Gasteiger charge is 2.42. The topological polar surface area (TPSA) is 37.4 Å². The summed E-state index contributed by atoms with van der Waals surface area (Å²) in [6.07, 6.45) is 36.0. The second-order valence-corrected chi connectivity index (χ2v) is 14.4. The second kappa shape index (κ2) is 23.4. The number of nitrogens with zero attached hydrogens (tertiary/aromatic N) is 1. The highest BCUT2D eigenvalue weighted by Crippen LogP contribution is 2.38. The summed E-state index contributed by atoms with van der Waals surface area (Å²) in [5, 5.41) is 0. The molecule has 0 N–H and O–H groups in total. The molecular formula is C42H69NO2. The van der Waals surface area contributed by atoms with Crippen LogP contribution in [0.15, 0.2) is 35.4 Å². The Hall–Kier alpha value is -1.90. The number of hydrogen-bond acceptors (Lipinski definition) is 2. The Balaban J connectivity index is 1.42. The molecule has 0 fully saturated rings. The maximum absolute atomic E-state index is 13.7. The molecule has 0 saturated heterocycles. The second-order valence-electron chi connectivity index (χ2n) is 14.4. The largest absolute Gasteiger partial charge is 0.270 e. The zero-order valence-electron chi connectivity index (χ0n) is 29.7. The van der Waals surface area contributed by atoms with Gasteiger partial charge in [0, 0.05) is 11.1 Å². The van der Waals surface area contributed by atoms with Crippen molar-refractivity contribution in [1.29, 1.82) is 0 Å². The first-order valence-corrected chi connectivity index (χ1v) is 19.8. The molecule has 0 aromatic heterocycles. The maximum atomic E-state index is 13.7. The van der Waals surface area contributed by atoms with Crippen LogP contribution in [0.2, 0.25) is 0 Å². The Morgan fingerprint density at radius 1 is 0.533 bits per heavy atom. The fourth-order valence-corrected chi connectivity index (χ4v) is 7.70. The Labute approximate surface area is 278 Å². The predicted molar refractivity (Wildman–Crippen MR) is 192 cm³/mol. The number of unbranched alkanes of at least 4 members (excludes halogenated alkanes) is 23. The van der Waals surface area contributed by atoms with Gasteiger partial charge in [-0.3, -0.25) is 14.5 Å². The maximum Gasteiger partial charge on any atom is 0.257 e. The van der Waals surface area contributed by atoms with Crippen LogP contribution in [-0.2, 0) is 22.6 Å². The van der Waals surface area contributed by atoms with Crippen molar-refractivity contribution in [1.82, 2.24) is 4.90 Å². The van der Waals surface area contributed by atoms with Gasteiger partial charge in [0.1, 0.15) is 0 Å². The fraction of sp³-hybridized carbons (Fsp3) is 0.762. The molecule has 0 spiro atoms. The van der Waals surface area contributed by atoms with Crippen LogP contribution in [0.3, 0.4) is 0 Å². The first-order chi connectivity index (χ1) is 22.2. The normalized spacial score (nSPS) is 16.4. The molecule has 0 radical (unpaired) electrons. The Morgan fingerprint density at radius 3 is 1.44 bits per heavy atom. The first kappa shape index (κ1) is 37.6. The molecule has 2 aliphatic heterocycles. The number of rotatable bonds is 27. The van der Waals surface area contributed by atoms with Gasteiger partial charge >= 0.3 is 0 Å². The van der Waals surface area contributed by atoms with Gasteiger partial charge < -0.3 is 0 Å². The van der Waals surface area contributed by atoms with Crippen LogP contribution in [0.25, 0.3) is 0 Å². The van der Waals surface area contributed by atoms with E-state index in [2.05, 4.69) is 38.1 Å². The molecule has 1 atom stereocenters. The number of carbonyl (C=O) groups is 2. The lowest BCUT2D eigenvalue weighted by molar-refractivity contribution is -0.138. The monoisotopic (exact) mass is 620 g/mol. The van der Waals surface area contributed by atoms with Crippen LogP contribution in [-0.4, -0.2) is 16.7 Å². The van der Waals surface area contributed by atoms with E-state index in [1.54, 1.807) is 4.90 Å². The first-order valence-electron chi connectivity index (χ1n) is 19.8. The Morgan fingerprint density at radius 2 is 0.956 bits per heavy atom. The minimum absolute atomic E-state index is 0.00494. The standard InChI is InChI=1S/C42H69NO2/c1-3-5-7-9-11-13-15-17-19-21-23-25-27-33-39-40-37(31-26-24-22-20-18-16-14-12-10-8-6-4-2)34-36-30-28-29-32-38(36)35-43(41(39)44)42(40)45/h28-30,32,37H,3-27,31,33-35H2,1-2H3. The number of carbonyl (C=O) groups excluding carboxylic acids is 2. The summed E-state index contributed by atoms with van der Waals surface area (Å²) in [5.41, 5.74) is 4.22. The quantitative estimate of drug-likeness (QED) is 0.0725. The van der Waals surface area contributed by atoms with Gasteiger partial charge in [-0.05, 0) is 42.7 Å². The van der Waals surface area contributed by atoms with Crippen LogP contribution >= 0.6 is 0 Å². The van der Waals surface area contributed by atoms with Crippen molar-refractivity contribution in [2.24, 2.45) is 5.92 Å². The molecule has 1 unspecified atom stereocenters. The molecule has 3 rings (SSSR count). The van der Waals surface area contributed by atoms with E-state index in [1.165, 1.54) is 153 Å². The molecule has 0 saturated carbocycles. The zero-order valence-corrected chi connectivity index (χ0v) is 29.7. The molecule has 254 valence electrons. The molecule has 2 aliphatic rings. The molecular weight excluding hydrogens is 550 g/mol. The molecule has 2 amide bonds. The fourth-order valence-electron chi connectivity index (χ4n) is 7.70. The van der Waals surface area contributed by atoms with E-state index in [-0.39, 0.29) is 17.7 Å². The van der Waals surface area contributed by atoms with Gasteiger partial charge in [0.25, 0.3) is 11.8 Å². The van der Waals surface area contributed by atoms with Gasteiger partial charge in [-0.1, -0.05) is 192 Å². The van der Waals surface area contributed by atoms with Crippen molar-refractivity contribution in [2.45, 2.75) is 200 Å². The van der Waals surface area contributed by atoms with Crippen molar-refractivity contribution in [2.75, 3.05) is 0 Å². The van der Waals surface area contributed by atoms with E-state index in [9.17, 15) is 9.59 Å². The molecule has 3 heteroatoms. The average Bonchev–Trinajstić information content (AvgIpc) is 3.29. The summed E-state index contributed by atoms with van der Waals surface area (Å²) in [6.45, 7) is 5.00. The highest BCUT2D eigenvalue weighted by molar-refractivity contribution is 6.19. The van der Waals surface area contributed by atoms with Crippen molar-refractivity contribution >= 4 is 11.8 Å². The zero-order chi connectivity index (χ0) is 32.0. The minimum Gasteiger partial charge on any atom is -0.270 e. The summed E-state index contributed by atoms with van der Waals surface area (Å²) in [5.74, 6) is 0.196. The third kappa shape index (κ3) is 13.8. The number of fused-ring (bicyclic) bond motifs is 3. The third-order valence-corrected chi connectivity index (χ3v) is 10.6.